The number of rotatable bonds is 40. The quantitative estimate of drug-likeness (QED) is 0.0259. The van der Waals surface area contributed by atoms with Gasteiger partial charge in [-0.1, -0.05) is 124 Å². The van der Waals surface area contributed by atoms with Crippen LogP contribution in [0.25, 0.3) is 0 Å². The summed E-state index contributed by atoms with van der Waals surface area (Å²) in [6.07, 6.45) is 25.2. The van der Waals surface area contributed by atoms with Gasteiger partial charge in [0.2, 0.25) is 0 Å². The summed E-state index contributed by atoms with van der Waals surface area (Å²) < 4.78 is 25.9. The van der Waals surface area contributed by atoms with Gasteiger partial charge in [0.05, 0.1) is 19.3 Å². The van der Waals surface area contributed by atoms with E-state index in [-0.39, 0.29) is 37.4 Å². The second kappa shape index (κ2) is 43.8. The van der Waals surface area contributed by atoms with Crippen LogP contribution in [0.5, 0.6) is 0 Å². The zero-order valence-corrected chi connectivity index (χ0v) is 37.4. The first-order valence-corrected chi connectivity index (χ1v) is 22.8. The third kappa shape index (κ3) is 45.9. The number of unbranched alkanes of at least 4 members (excludes halogenated alkanes) is 18. The number of aliphatic hydroxyl groups excluding tert-OH is 1. The lowest BCUT2D eigenvalue weighted by Gasteiger charge is -2.20. The Hall–Kier alpha value is -2.77. The van der Waals surface area contributed by atoms with E-state index in [0.29, 0.717) is 51.7 Å². The molecule has 0 aromatic carbocycles. The van der Waals surface area contributed by atoms with Crippen molar-refractivity contribution in [1.29, 1.82) is 0 Å². The van der Waals surface area contributed by atoms with E-state index in [0.717, 1.165) is 103 Å². The SMILES string of the molecule is CCCCCCCC(=O)OCCCCCCCCC(=O)O.CCCCCCCC(=O)OCCCCCCCCC(=O)O[C@H](O)OC(CC)COC(=O)CCCN(C)C. The number of carboxylic acids is 1. The normalized spacial score (nSPS) is 12.0. The Morgan fingerprint density at radius 1 is 0.483 bits per heavy atom. The highest BCUT2D eigenvalue weighted by atomic mass is 16.8. The Labute approximate surface area is 352 Å². The highest BCUT2D eigenvalue weighted by Gasteiger charge is 2.18. The molecular formula is C45H85NO12. The first-order valence-electron chi connectivity index (χ1n) is 22.8. The number of hydrogen-bond acceptors (Lipinski definition) is 12. The Morgan fingerprint density at radius 2 is 0.862 bits per heavy atom. The molecule has 0 saturated heterocycles. The van der Waals surface area contributed by atoms with Crippen LogP contribution in [-0.2, 0) is 47.7 Å². The van der Waals surface area contributed by atoms with E-state index in [4.69, 9.17) is 28.8 Å². The summed E-state index contributed by atoms with van der Waals surface area (Å²) in [6.45, 7) is 6.32. The monoisotopic (exact) mass is 832 g/mol. The maximum atomic E-state index is 11.9. The molecule has 0 fully saturated rings. The average Bonchev–Trinajstić information content (AvgIpc) is 3.17. The van der Waals surface area contributed by atoms with Crippen LogP contribution < -0.4 is 0 Å². The number of aliphatic hydroxyl groups is 1. The smallest absolute Gasteiger partial charge is 0.316 e. The molecule has 0 spiro atoms. The molecule has 2 atom stereocenters. The molecule has 0 aromatic rings. The van der Waals surface area contributed by atoms with Crippen molar-refractivity contribution in [2.24, 2.45) is 0 Å². The van der Waals surface area contributed by atoms with E-state index in [1.54, 1.807) is 0 Å². The molecule has 0 bridgehead atoms. The van der Waals surface area contributed by atoms with E-state index < -0.39 is 24.5 Å². The van der Waals surface area contributed by atoms with Crippen LogP contribution >= 0.6 is 0 Å². The van der Waals surface area contributed by atoms with Gasteiger partial charge in [0.15, 0.2) is 0 Å². The van der Waals surface area contributed by atoms with Crippen molar-refractivity contribution in [1.82, 2.24) is 4.90 Å². The third-order valence-electron chi connectivity index (χ3n) is 9.47. The van der Waals surface area contributed by atoms with Gasteiger partial charge < -0.3 is 38.8 Å². The van der Waals surface area contributed by atoms with Gasteiger partial charge in [-0.25, -0.2) is 0 Å². The molecule has 0 aliphatic carbocycles. The summed E-state index contributed by atoms with van der Waals surface area (Å²) in [6, 6.07) is 0. The number of esters is 4. The van der Waals surface area contributed by atoms with Gasteiger partial charge >= 0.3 is 36.3 Å². The number of carboxylic acid groups (broad SMARTS) is 1. The summed E-state index contributed by atoms with van der Waals surface area (Å²) in [5.74, 6) is -1.71. The number of hydrogen-bond donors (Lipinski definition) is 2. The Bertz CT molecular complexity index is 993. The molecule has 0 aliphatic heterocycles. The molecule has 0 radical (unpaired) electrons. The topological polar surface area (TPSA) is 175 Å². The average molecular weight is 832 g/mol. The molecule has 342 valence electrons. The molecular weight excluding hydrogens is 746 g/mol. The molecule has 2 N–H and O–H groups in total. The molecule has 58 heavy (non-hydrogen) atoms. The highest BCUT2D eigenvalue weighted by Crippen LogP contribution is 2.12. The largest absolute Gasteiger partial charge is 0.481 e. The second-order valence-corrected chi connectivity index (χ2v) is 15.5. The lowest BCUT2D eigenvalue weighted by atomic mass is 10.1. The first kappa shape index (κ1) is 57.3. The van der Waals surface area contributed by atoms with Crippen molar-refractivity contribution in [2.45, 2.75) is 220 Å². The van der Waals surface area contributed by atoms with Gasteiger partial charge in [-0.2, -0.15) is 0 Å². The van der Waals surface area contributed by atoms with E-state index in [2.05, 4.69) is 13.8 Å². The fraction of sp³-hybridized carbons (Fsp3) is 0.889. The third-order valence-corrected chi connectivity index (χ3v) is 9.47. The molecule has 0 amide bonds. The highest BCUT2D eigenvalue weighted by molar-refractivity contribution is 5.70. The van der Waals surface area contributed by atoms with Crippen LogP contribution in [-0.4, -0.2) is 98.0 Å². The predicted molar refractivity (Wildman–Crippen MR) is 227 cm³/mol. The Morgan fingerprint density at radius 3 is 1.29 bits per heavy atom. The van der Waals surface area contributed by atoms with Crippen LogP contribution in [0.2, 0.25) is 0 Å². The minimum absolute atomic E-state index is 0.00412. The number of aliphatic carboxylic acids is 1. The molecule has 0 aliphatic rings. The molecule has 0 aromatic heterocycles. The van der Waals surface area contributed by atoms with Gasteiger partial charge in [0.1, 0.15) is 6.61 Å². The molecule has 0 rings (SSSR count). The molecule has 13 heteroatoms. The van der Waals surface area contributed by atoms with Gasteiger partial charge in [0.25, 0.3) is 0 Å². The Kier molecular flexibility index (Phi) is 43.3. The van der Waals surface area contributed by atoms with Crippen LogP contribution in [0.4, 0.5) is 0 Å². The van der Waals surface area contributed by atoms with Crippen molar-refractivity contribution < 1.29 is 57.9 Å². The number of nitrogens with zero attached hydrogens (tertiary/aromatic N) is 1. The number of ether oxygens (including phenoxy) is 5. The lowest BCUT2D eigenvalue weighted by Crippen LogP contribution is -2.30. The van der Waals surface area contributed by atoms with Gasteiger partial charge in [-0.05, 0) is 72.0 Å². The fourth-order valence-corrected chi connectivity index (χ4v) is 5.84. The summed E-state index contributed by atoms with van der Waals surface area (Å²) >= 11 is 0. The Balaban J connectivity index is 0. The van der Waals surface area contributed by atoms with Crippen molar-refractivity contribution in [3.8, 4) is 0 Å². The number of carbonyl (C=O) groups is 5. The van der Waals surface area contributed by atoms with Crippen molar-refractivity contribution in [3.05, 3.63) is 0 Å². The lowest BCUT2D eigenvalue weighted by molar-refractivity contribution is -0.274. The summed E-state index contributed by atoms with van der Waals surface area (Å²) in [4.78, 5) is 59.1. The van der Waals surface area contributed by atoms with Crippen LogP contribution in [0.15, 0.2) is 0 Å². The second-order valence-electron chi connectivity index (χ2n) is 15.5. The van der Waals surface area contributed by atoms with E-state index in [1.165, 1.54) is 38.5 Å². The zero-order chi connectivity index (χ0) is 43.5. The van der Waals surface area contributed by atoms with Gasteiger partial charge in [-0.15, -0.1) is 0 Å². The zero-order valence-electron chi connectivity index (χ0n) is 37.4. The molecule has 0 saturated carbocycles. The van der Waals surface area contributed by atoms with E-state index in [9.17, 15) is 29.1 Å². The summed E-state index contributed by atoms with van der Waals surface area (Å²) in [7, 11) is 3.88. The predicted octanol–water partition coefficient (Wildman–Crippen LogP) is 9.83. The minimum Gasteiger partial charge on any atom is -0.481 e. The number of carbonyl (C=O) groups excluding carboxylic acids is 4. The van der Waals surface area contributed by atoms with Crippen LogP contribution in [0, 0.1) is 0 Å². The molecule has 1 unspecified atom stereocenters. The van der Waals surface area contributed by atoms with Gasteiger partial charge in [0, 0.05) is 32.1 Å². The van der Waals surface area contributed by atoms with Crippen molar-refractivity contribution in [2.75, 3.05) is 40.5 Å². The standard InChI is InChI=1S/C28H53NO8.C17H32O4/c1-5-7-8-11-14-18-25(30)34-22-16-13-10-9-12-15-19-27(32)37-28(33)36-24(6-2)23-35-26(31)20-17-21-29(3)4;1-2-3-4-7-11-14-17(20)21-15-12-9-6-5-8-10-13-16(18)19/h24,28,33H,5-23H2,1-4H3;2-15H2,1H3,(H,18,19)/t24?,28-;/m1./s1. The van der Waals surface area contributed by atoms with E-state index in [1.807, 2.05) is 25.9 Å². The molecule has 13 nitrogen and oxygen atoms in total. The first-order chi connectivity index (χ1) is 27.9. The summed E-state index contributed by atoms with van der Waals surface area (Å²) in [5.41, 5.74) is 0. The minimum atomic E-state index is -1.68. The van der Waals surface area contributed by atoms with Gasteiger partial charge in [-0.3, -0.25) is 24.0 Å². The van der Waals surface area contributed by atoms with Crippen molar-refractivity contribution >= 4 is 29.8 Å². The van der Waals surface area contributed by atoms with Crippen LogP contribution in [0.3, 0.4) is 0 Å². The van der Waals surface area contributed by atoms with Crippen LogP contribution in [0.1, 0.15) is 207 Å². The molecule has 0 heterocycles. The van der Waals surface area contributed by atoms with E-state index >= 15 is 0 Å². The maximum absolute atomic E-state index is 11.9. The van der Waals surface area contributed by atoms with Crippen molar-refractivity contribution in [3.63, 3.8) is 0 Å². The maximum Gasteiger partial charge on any atom is 0.316 e. The summed E-state index contributed by atoms with van der Waals surface area (Å²) in [5, 5.41) is 18.4. The fourth-order valence-electron chi connectivity index (χ4n) is 5.84.